The molecule has 8 heteroatoms. The van der Waals surface area contributed by atoms with E-state index in [1.165, 1.54) is 6.20 Å². The maximum atomic E-state index is 14.1. The summed E-state index contributed by atoms with van der Waals surface area (Å²) in [6.07, 6.45) is 3.75. The molecule has 3 aromatic rings. The van der Waals surface area contributed by atoms with E-state index in [0.717, 1.165) is 30.8 Å². The Kier molecular flexibility index (Phi) is 5.48. The molecular formula is C20H20FN5OS. The highest BCUT2D eigenvalue weighted by Crippen LogP contribution is 2.23. The Bertz CT molecular complexity index is 940. The van der Waals surface area contributed by atoms with Gasteiger partial charge < -0.3 is 15.5 Å². The lowest BCUT2D eigenvalue weighted by Crippen LogP contribution is -2.21. The lowest BCUT2D eigenvalue weighted by Gasteiger charge is -2.16. The number of amides is 1. The zero-order valence-corrected chi connectivity index (χ0v) is 16.0. The van der Waals surface area contributed by atoms with Crippen LogP contribution in [0.5, 0.6) is 0 Å². The van der Waals surface area contributed by atoms with Gasteiger partial charge in [-0.3, -0.25) is 4.79 Å². The molecule has 0 radical (unpaired) electrons. The molecule has 1 amide bonds. The molecule has 0 bridgehead atoms. The van der Waals surface area contributed by atoms with Crippen molar-refractivity contribution in [1.29, 1.82) is 0 Å². The van der Waals surface area contributed by atoms with E-state index in [2.05, 4.69) is 25.5 Å². The lowest BCUT2D eigenvalue weighted by molar-refractivity contribution is -0.115. The van der Waals surface area contributed by atoms with Crippen LogP contribution in [0.4, 0.5) is 27.5 Å². The summed E-state index contributed by atoms with van der Waals surface area (Å²) < 4.78 is 14.1. The first-order chi connectivity index (χ1) is 13.7. The molecule has 144 valence electrons. The van der Waals surface area contributed by atoms with E-state index < -0.39 is 5.82 Å². The van der Waals surface area contributed by atoms with Gasteiger partial charge in [-0.2, -0.15) is 4.98 Å². The summed E-state index contributed by atoms with van der Waals surface area (Å²) in [4.78, 5) is 23.6. The summed E-state index contributed by atoms with van der Waals surface area (Å²) in [6.45, 7) is 1.79. The minimum absolute atomic E-state index is 0.0692. The molecule has 1 aliphatic heterocycles. The molecule has 6 nitrogen and oxygen atoms in total. The van der Waals surface area contributed by atoms with Gasteiger partial charge in [0.05, 0.1) is 12.6 Å². The van der Waals surface area contributed by atoms with Crippen LogP contribution in [0, 0.1) is 5.82 Å². The summed E-state index contributed by atoms with van der Waals surface area (Å²) in [5.41, 5.74) is 1.37. The lowest BCUT2D eigenvalue weighted by atomic mass is 10.2. The van der Waals surface area contributed by atoms with Gasteiger partial charge in [-0.05, 0) is 48.6 Å². The maximum absolute atomic E-state index is 14.1. The summed E-state index contributed by atoms with van der Waals surface area (Å²) in [6, 6.07) is 11.0. The van der Waals surface area contributed by atoms with Crippen molar-refractivity contribution in [3.05, 3.63) is 58.7 Å². The number of hydrogen-bond donors (Lipinski definition) is 2. The Morgan fingerprint density at radius 2 is 1.89 bits per heavy atom. The number of nitrogens with zero attached hydrogens (tertiary/aromatic N) is 3. The molecule has 0 spiro atoms. The first-order valence-corrected chi connectivity index (χ1v) is 10.0. The van der Waals surface area contributed by atoms with Crippen molar-refractivity contribution >= 4 is 40.4 Å². The molecule has 2 aromatic heterocycles. The molecule has 4 rings (SSSR count). The van der Waals surface area contributed by atoms with Crippen LogP contribution < -0.4 is 15.5 Å². The van der Waals surface area contributed by atoms with E-state index >= 15 is 0 Å². The minimum atomic E-state index is -0.503. The second kappa shape index (κ2) is 8.35. The van der Waals surface area contributed by atoms with Crippen molar-refractivity contribution in [3.8, 4) is 0 Å². The molecule has 3 heterocycles. The topological polar surface area (TPSA) is 70.2 Å². The monoisotopic (exact) mass is 397 g/mol. The van der Waals surface area contributed by atoms with Gasteiger partial charge in [0.2, 0.25) is 11.9 Å². The second-order valence-electron chi connectivity index (χ2n) is 6.57. The van der Waals surface area contributed by atoms with Crippen molar-refractivity contribution in [2.24, 2.45) is 0 Å². The molecule has 1 saturated heterocycles. The average molecular weight is 397 g/mol. The quantitative estimate of drug-likeness (QED) is 0.652. The molecule has 0 aliphatic carbocycles. The van der Waals surface area contributed by atoms with E-state index in [9.17, 15) is 9.18 Å². The molecular weight excluding hydrogens is 377 g/mol. The maximum Gasteiger partial charge on any atom is 0.229 e. The van der Waals surface area contributed by atoms with Crippen LogP contribution >= 0.6 is 11.3 Å². The van der Waals surface area contributed by atoms with E-state index in [0.29, 0.717) is 23.7 Å². The Labute approximate surface area is 166 Å². The van der Waals surface area contributed by atoms with Gasteiger partial charge in [-0.1, -0.05) is 6.07 Å². The Morgan fingerprint density at radius 3 is 2.61 bits per heavy atom. The van der Waals surface area contributed by atoms with Crippen LogP contribution in [-0.2, 0) is 11.2 Å². The van der Waals surface area contributed by atoms with Crippen LogP contribution in [-0.4, -0.2) is 29.0 Å². The first-order valence-electron chi connectivity index (χ1n) is 9.14. The Morgan fingerprint density at radius 1 is 1.14 bits per heavy atom. The predicted molar refractivity (Wildman–Crippen MR) is 110 cm³/mol. The highest BCUT2D eigenvalue weighted by Gasteiger charge is 2.17. The highest BCUT2D eigenvalue weighted by molar-refractivity contribution is 7.10. The van der Waals surface area contributed by atoms with Gasteiger partial charge in [0.25, 0.3) is 0 Å². The second-order valence-corrected chi connectivity index (χ2v) is 7.60. The number of carbonyl (C=O) groups is 1. The van der Waals surface area contributed by atoms with E-state index in [1.807, 2.05) is 17.5 Å². The van der Waals surface area contributed by atoms with Gasteiger partial charge in [0, 0.05) is 29.3 Å². The fourth-order valence-corrected chi connectivity index (χ4v) is 3.77. The summed E-state index contributed by atoms with van der Waals surface area (Å²) in [5, 5.41) is 7.80. The number of thiophene rings is 1. The van der Waals surface area contributed by atoms with Crippen molar-refractivity contribution in [1.82, 2.24) is 9.97 Å². The Hall–Kier alpha value is -3.00. The number of nitrogens with one attached hydrogen (secondary N) is 2. The van der Waals surface area contributed by atoms with E-state index in [4.69, 9.17) is 0 Å². The molecule has 28 heavy (non-hydrogen) atoms. The van der Waals surface area contributed by atoms with Gasteiger partial charge >= 0.3 is 0 Å². The number of anilines is 4. The normalized spacial score (nSPS) is 13.5. The standard InChI is InChI=1S/C20H20FN5OS/c21-17-13-22-20(26-9-1-2-10-26)25-19(17)24-15-7-5-14(6-8-15)23-18(27)12-16-4-3-11-28-16/h3-8,11,13H,1-2,9-10,12H2,(H,23,27)(H,22,24,25). The number of hydrogen-bond acceptors (Lipinski definition) is 6. The third-order valence-corrected chi connectivity index (χ3v) is 5.34. The number of rotatable bonds is 6. The third kappa shape index (κ3) is 4.45. The van der Waals surface area contributed by atoms with E-state index in [-0.39, 0.29) is 11.7 Å². The average Bonchev–Trinajstić information content (AvgIpc) is 3.39. The summed E-state index contributed by atoms with van der Waals surface area (Å²) >= 11 is 1.56. The minimum Gasteiger partial charge on any atom is -0.341 e. The molecule has 1 aliphatic rings. The number of aromatic nitrogens is 2. The molecule has 0 saturated carbocycles. The Balaban J connectivity index is 1.40. The zero-order valence-electron chi connectivity index (χ0n) is 15.2. The van der Waals surface area contributed by atoms with Gasteiger partial charge in [-0.25, -0.2) is 9.37 Å². The van der Waals surface area contributed by atoms with Crippen LogP contribution in [0.1, 0.15) is 17.7 Å². The fraction of sp³-hybridized carbons (Fsp3) is 0.250. The summed E-state index contributed by atoms with van der Waals surface area (Å²) in [7, 11) is 0. The molecule has 1 aromatic carbocycles. The smallest absolute Gasteiger partial charge is 0.229 e. The molecule has 1 fully saturated rings. The number of carbonyl (C=O) groups excluding carboxylic acids is 1. The zero-order chi connectivity index (χ0) is 19.3. The van der Waals surface area contributed by atoms with Crippen LogP contribution in [0.2, 0.25) is 0 Å². The van der Waals surface area contributed by atoms with Gasteiger partial charge in [-0.15, -0.1) is 11.3 Å². The SMILES string of the molecule is O=C(Cc1cccs1)Nc1ccc(Nc2nc(N3CCCC3)ncc2F)cc1. The fourth-order valence-electron chi connectivity index (χ4n) is 3.07. The van der Waals surface area contributed by atoms with Gasteiger partial charge in [0.15, 0.2) is 11.6 Å². The van der Waals surface area contributed by atoms with Crippen LogP contribution in [0.25, 0.3) is 0 Å². The molecule has 0 unspecified atom stereocenters. The highest BCUT2D eigenvalue weighted by atomic mass is 32.1. The van der Waals surface area contributed by atoms with Crippen LogP contribution in [0.15, 0.2) is 48.0 Å². The number of halogens is 1. The summed E-state index contributed by atoms with van der Waals surface area (Å²) in [5.74, 6) is 0.113. The largest absolute Gasteiger partial charge is 0.341 e. The van der Waals surface area contributed by atoms with E-state index in [1.54, 1.807) is 35.6 Å². The third-order valence-electron chi connectivity index (χ3n) is 4.47. The van der Waals surface area contributed by atoms with Crippen molar-refractivity contribution in [3.63, 3.8) is 0 Å². The van der Waals surface area contributed by atoms with Gasteiger partial charge in [0.1, 0.15) is 0 Å². The van der Waals surface area contributed by atoms with Crippen molar-refractivity contribution in [2.45, 2.75) is 19.3 Å². The van der Waals surface area contributed by atoms with Crippen molar-refractivity contribution in [2.75, 3.05) is 28.6 Å². The predicted octanol–water partition coefficient (Wildman–Crippen LogP) is 4.20. The van der Waals surface area contributed by atoms with Crippen molar-refractivity contribution < 1.29 is 9.18 Å². The first kappa shape index (κ1) is 18.4. The molecule has 2 N–H and O–H groups in total. The molecule has 0 atom stereocenters. The van der Waals surface area contributed by atoms with Crippen LogP contribution in [0.3, 0.4) is 0 Å². The number of benzene rings is 1.